The van der Waals surface area contributed by atoms with Gasteiger partial charge in [0, 0.05) is 38.4 Å². The third kappa shape index (κ3) is 3.61. The zero-order valence-electron chi connectivity index (χ0n) is 12.8. The molecule has 2 rings (SSSR count). The maximum absolute atomic E-state index is 4.52. The summed E-state index contributed by atoms with van der Waals surface area (Å²) in [5, 5.41) is 12.2. The topological polar surface area (TPSA) is 47.7 Å². The second kappa shape index (κ2) is 6.90. The second-order valence-corrected chi connectivity index (χ2v) is 5.32. The Morgan fingerprint density at radius 2 is 1.90 bits per heavy atom. The average Bonchev–Trinajstić information content (AvgIpc) is 2.87. The van der Waals surface area contributed by atoms with E-state index in [1.54, 1.807) is 0 Å². The van der Waals surface area contributed by atoms with Crippen LogP contribution in [0.3, 0.4) is 0 Å². The van der Waals surface area contributed by atoms with E-state index in [1.165, 1.54) is 17.0 Å². The summed E-state index contributed by atoms with van der Waals surface area (Å²) in [5.74, 6) is 0.473. The molecule has 0 radical (unpaired) electrons. The molecule has 0 atom stereocenters. The van der Waals surface area contributed by atoms with Crippen molar-refractivity contribution in [2.45, 2.75) is 39.8 Å². The lowest BCUT2D eigenvalue weighted by Gasteiger charge is -2.04. The van der Waals surface area contributed by atoms with Crippen molar-refractivity contribution in [3.8, 4) is 0 Å². The largest absolute Gasteiger partial charge is 0.307 e. The van der Waals surface area contributed by atoms with Gasteiger partial charge in [0.15, 0.2) is 0 Å². The van der Waals surface area contributed by atoms with E-state index in [2.05, 4.69) is 42.4 Å². The minimum Gasteiger partial charge on any atom is -0.307 e. The molecule has 2 aromatic heterocycles. The summed E-state index contributed by atoms with van der Waals surface area (Å²) in [5.41, 5.74) is 4.82. The number of nitrogens with zero attached hydrogens (tertiary/aromatic N) is 4. The number of aryl methyl sites for hydroxylation is 2. The van der Waals surface area contributed by atoms with Crippen molar-refractivity contribution >= 4 is 12.4 Å². The summed E-state index contributed by atoms with van der Waals surface area (Å²) in [7, 11) is 3.97. The molecule has 1 N–H and O–H groups in total. The Kier molecular flexibility index (Phi) is 5.77. The molecule has 112 valence electrons. The molecule has 6 heteroatoms. The van der Waals surface area contributed by atoms with Gasteiger partial charge < -0.3 is 5.32 Å². The van der Waals surface area contributed by atoms with Crippen LogP contribution in [0.4, 0.5) is 0 Å². The van der Waals surface area contributed by atoms with Gasteiger partial charge in [0.25, 0.3) is 0 Å². The Balaban J connectivity index is 0.00000200. The highest BCUT2D eigenvalue weighted by Crippen LogP contribution is 2.13. The van der Waals surface area contributed by atoms with Crippen LogP contribution in [0.5, 0.6) is 0 Å². The maximum Gasteiger partial charge on any atom is 0.0653 e. The molecule has 0 aliphatic carbocycles. The van der Waals surface area contributed by atoms with Crippen LogP contribution < -0.4 is 5.32 Å². The Morgan fingerprint density at radius 3 is 2.40 bits per heavy atom. The first kappa shape index (κ1) is 16.7. The van der Waals surface area contributed by atoms with Gasteiger partial charge in [-0.3, -0.25) is 9.36 Å². The first-order valence-corrected chi connectivity index (χ1v) is 6.70. The molecule has 0 bridgehead atoms. The van der Waals surface area contributed by atoms with E-state index in [9.17, 15) is 0 Å². The first-order valence-electron chi connectivity index (χ1n) is 6.70. The fraction of sp³-hybridized carbons (Fsp3) is 0.571. The zero-order chi connectivity index (χ0) is 14.0. The summed E-state index contributed by atoms with van der Waals surface area (Å²) < 4.78 is 3.86. The van der Waals surface area contributed by atoms with Crippen LogP contribution in [-0.2, 0) is 27.2 Å². The minimum absolute atomic E-state index is 0. The normalized spacial score (nSPS) is 10.9. The predicted octanol–water partition coefficient (Wildman–Crippen LogP) is 2.30. The highest BCUT2D eigenvalue weighted by molar-refractivity contribution is 5.85. The maximum atomic E-state index is 4.52. The van der Waals surface area contributed by atoms with Crippen molar-refractivity contribution in [2.75, 3.05) is 0 Å². The van der Waals surface area contributed by atoms with Crippen molar-refractivity contribution in [3.63, 3.8) is 0 Å². The number of halogens is 1. The summed E-state index contributed by atoms with van der Waals surface area (Å²) in [4.78, 5) is 0. The second-order valence-electron chi connectivity index (χ2n) is 5.32. The molecule has 2 aromatic rings. The fourth-order valence-electron chi connectivity index (χ4n) is 2.02. The van der Waals surface area contributed by atoms with Gasteiger partial charge in [-0.1, -0.05) is 13.8 Å². The van der Waals surface area contributed by atoms with Crippen LogP contribution in [0.1, 0.15) is 42.4 Å². The number of hydrogen-bond acceptors (Lipinski definition) is 3. The van der Waals surface area contributed by atoms with E-state index >= 15 is 0 Å². The summed E-state index contributed by atoms with van der Waals surface area (Å²) in [6, 6.07) is 2.17. The number of rotatable bonds is 5. The molecule has 0 saturated carbocycles. The van der Waals surface area contributed by atoms with Crippen LogP contribution in [0.15, 0.2) is 12.3 Å². The third-order valence-corrected chi connectivity index (χ3v) is 3.55. The third-order valence-electron chi connectivity index (χ3n) is 3.55. The Labute approximate surface area is 126 Å². The predicted molar refractivity (Wildman–Crippen MR) is 83.0 cm³/mol. The summed E-state index contributed by atoms with van der Waals surface area (Å²) in [6.07, 6.45) is 1.92. The van der Waals surface area contributed by atoms with Crippen LogP contribution >= 0.6 is 12.4 Å². The van der Waals surface area contributed by atoms with E-state index in [0.717, 1.165) is 18.8 Å². The Bertz CT molecular complexity index is 556. The lowest BCUT2D eigenvalue weighted by atomic mass is 10.1. The monoisotopic (exact) mass is 297 g/mol. The lowest BCUT2D eigenvalue weighted by molar-refractivity contribution is 0.618. The van der Waals surface area contributed by atoms with E-state index in [1.807, 2.05) is 29.7 Å². The van der Waals surface area contributed by atoms with Crippen LogP contribution in [-0.4, -0.2) is 19.6 Å². The molecule has 0 unspecified atom stereocenters. The van der Waals surface area contributed by atoms with Gasteiger partial charge >= 0.3 is 0 Å². The molecule has 0 aliphatic heterocycles. The highest BCUT2D eigenvalue weighted by atomic mass is 35.5. The van der Waals surface area contributed by atoms with Crippen molar-refractivity contribution < 1.29 is 0 Å². The molecule has 0 aliphatic rings. The molecule has 0 spiro atoms. The number of hydrogen-bond donors (Lipinski definition) is 1. The fourth-order valence-corrected chi connectivity index (χ4v) is 2.02. The molecule has 2 heterocycles. The van der Waals surface area contributed by atoms with Crippen molar-refractivity contribution in [3.05, 3.63) is 34.9 Å². The minimum atomic E-state index is 0. The molecule has 0 saturated heterocycles. The van der Waals surface area contributed by atoms with Crippen molar-refractivity contribution in [1.29, 1.82) is 0 Å². The van der Waals surface area contributed by atoms with Crippen molar-refractivity contribution in [1.82, 2.24) is 24.9 Å². The van der Waals surface area contributed by atoms with E-state index in [4.69, 9.17) is 0 Å². The van der Waals surface area contributed by atoms with E-state index in [-0.39, 0.29) is 12.4 Å². The van der Waals surface area contributed by atoms with Gasteiger partial charge in [0.1, 0.15) is 0 Å². The van der Waals surface area contributed by atoms with Crippen molar-refractivity contribution in [2.24, 2.45) is 14.1 Å². The highest BCUT2D eigenvalue weighted by Gasteiger charge is 2.08. The smallest absolute Gasteiger partial charge is 0.0653 e. The van der Waals surface area contributed by atoms with Gasteiger partial charge in [-0.05, 0) is 18.9 Å². The Hall–Kier alpha value is -1.33. The SMILES string of the molecule is Cc1c(CNCc2cc(C(C)C)nn2C)cnn1C.Cl. The zero-order valence-corrected chi connectivity index (χ0v) is 13.7. The summed E-state index contributed by atoms with van der Waals surface area (Å²) >= 11 is 0. The van der Waals surface area contributed by atoms with Crippen LogP contribution in [0.25, 0.3) is 0 Å². The van der Waals surface area contributed by atoms with Gasteiger partial charge in [-0.2, -0.15) is 10.2 Å². The Morgan fingerprint density at radius 1 is 1.20 bits per heavy atom. The van der Waals surface area contributed by atoms with Gasteiger partial charge in [0.05, 0.1) is 17.6 Å². The van der Waals surface area contributed by atoms with Crippen LogP contribution in [0, 0.1) is 6.92 Å². The van der Waals surface area contributed by atoms with Gasteiger partial charge in [-0.15, -0.1) is 12.4 Å². The molecule has 5 nitrogen and oxygen atoms in total. The van der Waals surface area contributed by atoms with E-state index < -0.39 is 0 Å². The quantitative estimate of drug-likeness (QED) is 0.921. The average molecular weight is 298 g/mol. The molecule has 20 heavy (non-hydrogen) atoms. The van der Waals surface area contributed by atoms with Gasteiger partial charge in [-0.25, -0.2) is 0 Å². The molecular weight excluding hydrogens is 274 g/mol. The van der Waals surface area contributed by atoms with E-state index in [0.29, 0.717) is 5.92 Å². The molecular formula is C14H24ClN5. The number of nitrogens with one attached hydrogen (secondary N) is 1. The first-order chi connectivity index (χ1) is 8.99. The lowest BCUT2D eigenvalue weighted by Crippen LogP contribution is -2.15. The molecule has 0 aromatic carbocycles. The number of aromatic nitrogens is 4. The standard InChI is InChI=1S/C14H23N5.ClH/c1-10(2)14-6-13(19(5)17-14)9-15-7-12-8-16-18(4)11(12)3;/h6,8,10,15H,7,9H2,1-5H3;1H. The van der Waals surface area contributed by atoms with Crippen LogP contribution in [0.2, 0.25) is 0 Å². The molecule has 0 amide bonds. The molecule has 0 fully saturated rings. The summed E-state index contributed by atoms with van der Waals surface area (Å²) in [6.45, 7) is 8.08. The van der Waals surface area contributed by atoms with Gasteiger partial charge in [0.2, 0.25) is 0 Å².